The summed E-state index contributed by atoms with van der Waals surface area (Å²) in [5.41, 5.74) is 0.928. The molecule has 5 heteroatoms. The number of thioether (sulfide) groups is 1. The van der Waals surface area contributed by atoms with Gasteiger partial charge in [-0.2, -0.15) is 0 Å². The predicted molar refractivity (Wildman–Crippen MR) is 82.4 cm³/mol. The van der Waals surface area contributed by atoms with E-state index in [0.29, 0.717) is 23.0 Å². The van der Waals surface area contributed by atoms with Gasteiger partial charge in [-0.3, -0.25) is 14.7 Å². The van der Waals surface area contributed by atoms with Gasteiger partial charge in [0, 0.05) is 18.1 Å². The average Bonchev–Trinajstić information content (AvgIpc) is 2.66. The largest absolute Gasteiger partial charge is 0.287 e. The van der Waals surface area contributed by atoms with Crippen LogP contribution in [0.3, 0.4) is 0 Å². The van der Waals surface area contributed by atoms with Crippen LogP contribution in [0.2, 0.25) is 5.02 Å². The number of carbonyl (C=O) groups excluding carboxylic acids is 1. The Kier molecular flexibility index (Phi) is 4.66. The number of amides is 1. The molecule has 1 aliphatic heterocycles. The second kappa shape index (κ2) is 6.26. The minimum absolute atomic E-state index is 0.0136. The van der Waals surface area contributed by atoms with Crippen molar-refractivity contribution in [1.29, 1.82) is 0 Å². The van der Waals surface area contributed by atoms with Crippen molar-refractivity contribution < 1.29 is 4.79 Å². The second-order valence-corrected chi connectivity index (χ2v) is 5.42. The number of nitrogens with zero attached hydrogens (tertiary/aromatic N) is 2. The molecule has 2 rings (SSSR count). The van der Waals surface area contributed by atoms with E-state index in [1.807, 2.05) is 44.2 Å². The first-order valence-electron chi connectivity index (χ1n) is 6.17. The van der Waals surface area contributed by atoms with E-state index in [2.05, 4.69) is 4.99 Å². The smallest absolute Gasteiger partial charge is 0.266 e. The van der Waals surface area contributed by atoms with Crippen LogP contribution in [0.25, 0.3) is 6.08 Å². The monoisotopic (exact) mass is 294 g/mol. The standard InChI is InChI=1S/C14H15ClN2OS/c1-3-16-14-17(4-2)13(18)12(19-14)9-10-6-5-7-11(15)8-10/h5-9H,3-4H2,1-2H3/b12-9+,16-14?. The molecule has 0 aromatic heterocycles. The molecule has 0 spiro atoms. The summed E-state index contributed by atoms with van der Waals surface area (Å²) in [6.07, 6.45) is 1.86. The quantitative estimate of drug-likeness (QED) is 0.797. The first-order valence-corrected chi connectivity index (χ1v) is 7.36. The molecule has 0 aliphatic carbocycles. The Bertz CT molecular complexity index is 554. The third-order valence-electron chi connectivity index (χ3n) is 2.64. The minimum atomic E-state index is 0.0136. The van der Waals surface area contributed by atoms with Gasteiger partial charge in [-0.05, 0) is 49.4 Å². The topological polar surface area (TPSA) is 32.7 Å². The van der Waals surface area contributed by atoms with Gasteiger partial charge in [0.25, 0.3) is 5.91 Å². The number of halogens is 1. The molecule has 0 unspecified atom stereocenters. The van der Waals surface area contributed by atoms with Crippen LogP contribution in [0.5, 0.6) is 0 Å². The number of benzene rings is 1. The first kappa shape index (κ1) is 14.2. The second-order valence-electron chi connectivity index (χ2n) is 3.97. The van der Waals surface area contributed by atoms with Gasteiger partial charge in [-0.15, -0.1) is 0 Å². The lowest BCUT2D eigenvalue weighted by molar-refractivity contribution is -0.122. The SMILES string of the molecule is CCN=C1S/C(=C/c2cccc(Cl)c2)C(=O)N1CC. The number of amidine groups is 1. The molecule has 3 nitrogen and oxygen atoms in total. The van der Waals surface area contributed by atoms with Crippen molar-refractivity contribution >= 4 is 40.5 Å². The maximum Gasteiger partial charge on any atom is 0.266 e. The third kappa shape index (κ3) is 3.19. The van der Waals surface area contributed by atoms with Crippen molar-refractivity contribution in [3.8, 4) is 0 Å². The summed E-state index contributed by atoms with van der Waals surface area (Å²) in [5.74, 6) is 0.0136. The summed E-state index contributed by atoms with van der Waals surface area (Å²) in [5, 5.41) is 1.45. The van der Waals surface area contributed by atoms with Gasteiger partial charge >= 0.3 is 0 Å². The minimum Gasteiger partial charge on any atom is -0.287 e. The predicted octanol–water partition coefficient (Wildman–Crippen LogP) is 3.65. The van der Waals surface area contributed by atoms with Crippen molar-refractivity contribution in [3.63, 3.8) is 0 Å². The van der Waals surface area contributed by atoms with Crippen LogP contribution in [-0.2, 0) is 4.79 Å². The highest BCUT2D eigenvalue weighted by Crippen LogP contribution is 2.32. The van der Waals surface area contributed by atoms with E-state index in [4.69, 9.17) is 11.6 Å². The molecule has 0 saturated carbocycles. The molecule has 0 bridgehead atoms. The summed E-state index contributed by atoms with van der Waals surface area (Å²) in [4.78, 5) is 19.0. The molecule has 1 aliphatic rings. The fourth-order valence-electron chi connectivity index (χ4n) is 1.79. The Labute approximate surface area is 122 Å². The van der Waals surface area contributed by atoms with Crippen LogP contribution in [-0.4, -0.2) is 29.1 Å². The lowest BCUT2D eigenvalue weighted by Gasteiger charge is -2.11. The molecule has 1 fully saturated rings. The Balaban J connectivity index is 2.31. The zero-order valence-corrected chi connectivity index (χ0v) is 12.5. The maximum absolute atomic E-state index is 12.2. The summed E-state index contributed by atoms with van der Waals surface area (Å²) in [7, 11) is 0. The molecule has 19 heavy (non-hydrogen) atoms. The zero-order chi connectivity index (χ0) is 13.8. The van der Waals surface area contributed by atoms with Crippen molar-refractivity contribution in [1.82, 2.24) is 4.90 Å². The van der Waals surface area contributed by atoms with Gasteiger partial charge in [-0.1, -0.05) is 23.7 Å². The Morgan fingerprint density at radius 1 is 1.42 bits per heavy atom. The molecule has 1 aromatic carbocycles. The van der Waals surface area contributed by atoms with Gasteiger partial charge < -0.3 is 0 Å². The van der Waals surface area contributed by atoms with Crippen LogP contribution in [0, 0.1) is 0 Å². The summed E-state index contributed by atoms with van der Waals surface area (Å²) in [6, 6.07) is 7.46. The Hall–Kier alpha value is -1.26. The van der Waals surface area contributed by atoms with Gasteiger partial charge in [0.1, 0.15) is 0 Å². The van der Waals surface area contributed by atoms with E-state index in [1.54, 1.807) is 4.90 Å². The normalized spacial score (nSPS) is 19.7. The summed E-state index contributed by atoms with van der Waals surface area (Å²) >= 11 is 7.37. The summed E-state index contributed by atoms with van der Waals surface area (Å²) in [6.45, 7) is 5.23. The maximum atomic E-state index is 12.2. The van der Waals surface area contributed by atoms with E-state index in [9.17, 15) is 4.79 Å². The molecule has 0 radical (unpaired) electrons. The average molecular weight is 295 g/mol. The third-order valence-corrected chi connectivity index (χ3v) is 3.92. The lowest BCUT2D eigenvalue weighted by atomic mass is 10.2. The van der Waals surface area contributed by atoms with Gasteiger partial charge in [0.2, 0.25) is 0 Å². The van der Waals surface area contributed by atoms with E-state index < -0.39 is 0 Å². The molecular formula is C14H15ClN2OS. The van der Waals surface area contributed by atoms with E-state index >= 15 is 0 Å². The van der Waals surface area contributed by atoms with Gasteiger partial charge in [-0.25, -0.2) is 0 Å². The van der Waals surface area contributed by atoms with Gasteiger partial charge in [0.05, 0.1) is 4.91 Å². The highest BCUT2D eigenvalue weighted by atomic mass is 35.5. The molecule has 1 saturated heterocycles. The van der Waals surface area contributed by atoms with Crippen LogP contribution in [0.15, 0.2) is 34.2 Å². The van der Waals surface area contributed by atoms with E-state index in [0.717, 1.165) is 10.7 Å². The molecule has 0 N–H and O–H groups in total. The van der Waals surface area contributed by atoms with Crippen LogP contribution in [0.1, 0.15) is 19.4 Å². The molecule has 1 aromatic rings. The van der Waals surface area contributed by atoms with E-state index in [1.165, 1.54) is 11.8 Å². The van der Waals surface area contributed by atoms with Crippen molar-refractivity contribution in [2.45, 2.75) is 13.8 Å². The first-order chi connectivity index (χ1) is 9.15. The summed E-state index contributed by atoms with van der Waals surface area (Å²) < 4.78 is 0. The highest BCUT2D eigenvalue weighted by molar-refractivity contribution is 8.18. The number of aliphatic imine (C=N–C) groups is 1. The number of hydrogen-bond donors (Lipinski definition) is 0. The van der Waals surface area contributed by atoms with Crippen molar-refractivity contribution in [3.05, 3.63) is 39.8 Å². The van der Waals surface area contributed by atoms with Crippen LogP contribution < -0.4 is 0 Å². The Morgan fingerprint density at radius 3 is 2.84 bits per heavy atom. The van der Waals surface area contributed by atoms with E-state index in [-0.39, 0.29) is 5.91 Å². The number of rotatable bonds is 3. The number of likely N-dealkylation sites (N-methyl/N-ethyl adjacent to an activating group) is 1. The fraction of sp³-hybridized carbons (Fsp3) is 0.286. The highest BCUT2D eigenvalue weighted by Gasteiger charge is 2.31. The molecule has 1 heterocycles. The molecule has 1 amide bonds. The fourth-order valence-corrected chi connectivity index (χ4v) is 3.09. The zero-order valence-electron chi connectivity index (χ0n) is 10.9. The molecule has 100 valence electrons. The lowest BCUT2D eigenvalue weighted by Crippen LogP contribution is -2.28. The number of carbonyl (C=O) groups is 1. The Morgan fingerprint density at radius 2 is 2.21 bits per heavy atom. The molecule has 0 atom stereocenters. The van der Waals surface area contributed by atoms with Crippen molar-refractivity contribution in [2.75, 3.05) is 13.1 Å². The van der Waals surface area contributed by atoms with Crippen molar-refractivity contribution in [2.24, 2.45) is 4.99 Å². The molecular weight excluding hydrogens is 280 g/mol. The van der Waals surface area contributed by atoms with Crippen LogP contribution >= 0.6 is 23.4 Å². The van der Waals surface area contributed by atoms with Crippen LogP contribution in [0.4, 0.5) is 0 Å². The number of hydrogen-bond acceptors (Lipinski definition) is 3. The van der Waals surface area contributed by atoms with Gasteiger partial charge in [0.15, 0.2) is 5.17 Å².